The molecule has 0 saturated heterocycles. The smallest absolute Gasteiger partial charge is 0.116 e. The van der Waals surface area contributed by atoms with Crippen molar-refractivity contribution in [3.63, 3.8) is 0 Å². The highest BCUT2D eigenvalue weighted by Crippen LogP contribution is 2.43. The molecule has 1 saturated carbocycles. The molecule has 3 rings (SSSR count). The Balaban J connectivity index is 2.05. The topological polar surface area (TPSA) is 58.3 Å². The van der Waals surface area contributed by atoms with Gasteiger partial charge in [0.25, 0.3) is 0 Å². The molecule has 1 heterocycles. The van der Waals surface area contributed by atoms with E-state index in [9.17, 15) is 5.11 Å². The minimum atomic E-state index is 0.0841. The van der Waals surface area contributed by atoms with Crippen LogP contribution in [0.4, 0.5) is 5.69 Å². The SMILES string of the molecule is NC1c2cc(O)ccc2NC2CCCC21. The van der Waals surface area contributed by atoms with Gasteiger partial charge in [0.1, 0.15) is 5.75 Å². The van der Waals surface area contributed by atoms with Gasteiger partial charge >= 0.3 is 0 Å². The highest BCUT2D eigenvalue weighted by molar-refractivity contribution is 5.58. The molecule has 2 aliphatic rings. The Kier molecular flexibility index (Phi) is 1.89. The van der Waals surface area contributed by atoms with Crippen LogP contribution in [0, 0.1) is 5.92 Å². The predicted molar refractivity (Wildman–Crippen MR) is 59.8 cm³/mol. The van der Waals surface area contributed by atoms with Crippen LogP contribution in [-0.4, -0.2) is 11.1 Å². The molecule has 1 aromatic carbocycles. The number of nitrogens with one attached hydrogen (secondary N) is 1. The average molecular weight is 204 g/mol. The monoisotopic (exact) mass is 204 g/mol. The van der Waals surface area contributed by atoms with Gasteiger partial charge in [-0.15, -0.1) is 0 Å². The first kappa shape index (κ1) is 9.04. The lowest BCUT2D eigenvalue weighted by Crippen LogP contribution is -2.37. The van der Waals surface area contributed by atoms with E-state index in [1.54, 1.807) is 12.1 Å². The Morgan fingerprint density at radius 2 is 2.20 bits per heavy atom. The second-order valence-corrected chi connectivity index (χ2v) is 4.64. The summed E-state index contributed by atoms with van der Waals surface area (Å²) in [5, 5.41) is 13.0. The molecule has 4 N–H and O–H groups in total. The highest BCUT2D eigenvalue weighted by Gasteiger charge is 2.37. The van der Waals surface area contributed by atoms with Crippen LogP contribution in [0.5, 0.6) is 5.75 Å². The third-order valence-electron chi connectivity index (χ3n) is 3.77. The van der Waals surface area contributed by atoms with Crippen molar-refractivity contribution < 1.29 is 5.11 Å². The Hall–Kier alpha value is -1.22. The maximum atomic E-state index is 9.46. The van der Waals surface area contributed by atoms with Crippen molar-refractivity contribution in [2.45, 2.75) is 31.3 Å². The number of nitrogens with two attached hydrogens (primary N) is 1. The van der Waals surface area contributed by atoms with Gasteiger partial charge in [0.05, 0.1) is 0 Å². The molecule has 0 bridgehead atoms. The zero-order valence-electron chi connectivity index (χ0n) is 8.61. The van der Waals surface area contributed by atoms with Gasteiger partial charge in [-0.05, 0) is 42.5 Å². The van der Waals surface area contributed by atoms with E-state index in [1.165, 1.54) is 19.3 Å². The molecule has 3 nitrogen and oxygen atoms in total. The summed E-state index contributed by atoms with van der Waals surface area (Å²) in [4.78, 5) is 0. The zero-order valence-corrected chi connectivity index (χ0v) is 8.61. The summed E-state index contributed by atoms with van der Waals surface area (Å²) < 4.78 is 0. The van der Waals surface area contributed by atoms with Crippen LogP contribution in [0.25, 0.3) is 0 Å². The fraction of sp³-hybridized carbons (Fsp3) is 0.500. The number of hydrogen-bond acceptors (Lipinski definition) is 3. The minimum absolute atomic E-state index is 0.0841. The van der Waals surface area contributed by atoms with Crippen LogP contribution in [0.1, 0.15) is 30.9 Å². The van der Waals surface area contributed by atoms with Gasteiger partial charge in [-0.25, -0.2) is 0 Å². The van der Waals surface area contributed by atoms with Crippen LogP contribution in [-0.2, 0) is 0 Å². The Labute approximate surface area is 89.3 Å². The molecule has 3 atom stereocenters. The Morgan fingerprint density at radius 3 is 3.07 bits per heavy atom. The normalized spacial score (nSPS) is 33.0. The first-order valence-electron chi connectivity index (χ1n) is 5.61. The van der Waals surface area contributed by atoms with E-state index in [-0.39, 0.29) is 6.04 Å². The third kappa shape index (κ3) is 1.30. The fourth-order valence-corrected chi connectivity index (χ4v) is 2.99. The molecule has 1 aliphatic carbocycles. The van der Waals surface area contributed by atoms with E-state index in [0.717, 1.165) is 11.3 Å². The lowest BCUT2D eigenvalue weighted by molar-refractivity contribution is 0.398. The van der Waals surface area contributed by atoms with E-state index in [1.807, 2.05) is 6.07 Å². The van der Waals surface area contributed by atoms with Crippen LogP contribution in [0.15, 0.2) is 18.2 Å². The summed E-state index contributed by atoms with van der Waals surface area (Å²) in [7, 11) is 0. The molecule has 0 aromatic heterocycles. The van der Waals surface area contributed by atoms with E-state index in [4.69, 9.17) is 5.73 Å². The van der Waals surface area contributed by atoms with Crippen molar-refractivity contribution in [1.29, 1.82) is 0 Å². The molecule has 3 heteroatoms. The largest absolute Gasteiger partial charge is 0.508 e. The van der Waals surface area contributed by atoms with Crippen LogP contribution in [0.3, 0.4) is 0 Å². The van der Waals surface area contributed by atoms with Gasteiger partial charge in [-0.2, -0.15) is 0 Å². The molecule has 15 heavy (non-hydrogen) atoms. The summed E-state index contributed by atoms with van der Waals surface area (Å²) in [6, 6.07) is 6.06. The Morgan fingerprint density at radius 1 is 1.33 bits per heavy atom. The van der Waals surface area contributed by atoms with Crippen molar-refractivity contribution in [1.82, 2.24) is 0 Å². The molecule has 1 aliphatic heterocycles. The maximum Gasteiger partial charge on any atom is 0.116 e. The van der Waals surface area contributed by atoms with Crippen molar-refractivity contribution in [3.05, 3.63) is 23.8 Å². The first-order valence-corrected chi connectivity index (χ1v) is 5.61. The van der Waals surface area contributed by atoms with Crippen LogP contribution < -0.4 is 11.1 Å². The van der Waals surface area contributed by atoms with Crippen LogP contribution in [0.2, 0.25) is 0 Å². The fourth-order valence-electron chi connectivity index (χ4n) is 2.99. The molecule has 1 fully saturated rings. The minimum Gasteiger partial charge on any atom is -0.508 e. The zero-order chi connectivity index (χ0) is 10.4. The predicted octanol–water partition coefficient (Wildman–Crippen LogP) is 1.99. The quantitative estimate of drug-likeness (QED) is 0.566. The lowest BCUT2D eigenvalue weighted by atomic mass is 9.85. The average Bonchev–Trinajstić information content (AvgIpc) is 2.68. The molecule has 80 valence electrons. The van der Waals surface area contributed by atoms with Gasteiger partial charge in [0.15, 0.2) is 0 Å². The highest BCUT2D eigenvalue weighted by atomic mass is 16.3. The van der Waals surface area contributed by atoms with Gasteiger partial charge < -0.3 is 16.2 Å². The summed E-state index contributed by atoms with van der Waals surface area (Å²) in [6.07, 6.45) is 3.68. The Bertz CT molecular complexity index is 391. The number of phenols is 1. The summed E-state index contributed by atoms with van der Waals surface area (Å²) in [5.74, 6) is 0.849. The number of hydrogen-bond donors (Lipinski definition) is 3. The van der Waals surface area contributed by atoms with Gasteiger partial charge in [-0.1, -0.05) is 6.42 Å². The van der Waals surface area contributed by atoms with Crippen molar-refractivity contribution in [3.8, 4) is 5.75 Å². The molecule has 0 radical (unpaired) electrons. The molecule has 1 aromatic rings. The number of benzene rings is 1. The summed E-state index contributed by atoms with van der Waals surface area (Å²) in [6.45, 7) is 0. The van der Waals surface area contributed by atoms with Crippen molar-refractivity contribution >= 4 is 5.69 Å². The molecular weight excluding hydrogens is 188 g/mol. The van der Waals surface area contributed by atoms with E-state index in [2.05, 4.69) is 5.32 Å². The summed E-state index contributed by atoms with van der Waals surface area (Å²) in [5.41, 5.74) is 8.42. The van der Waals surface area contributed by atoms with E-state index >= 15 is 0 Å². The number of rotatable bonds is 0. The van der Waals surface area contributed by atoms with Gasteiger partial charge in [-0.3, -0.25) is 0 Å². The van der Waals surface area contributed by atoms with Crippen molar-refractivity contribution in [2.24, 2.45) is 11.7 Å². The standard InChI is InChI=1S/C12H16N2O/c13-12-8-2-1-3-10(8)14-11-5-4-7(15)6-9(11)12/h4-6,8,10,12,14-15H,1-3,13H2. The lowest BCUT2D eigenvalue weighted by Gasteiger charge is -2.35. The first-order chi connectivity index (χ1) is 7.25. The number of phenolic OH excluding ortho intramolecular Hbond substituents is 1. The number of anilines is 1. The molecule has 0 spiro atoms. The molecular formula is C12H16N2O. The van der Waals surface area contributed by atoms with Gasteiger partial charge in [0.2, 0.25) is 0 Å². The van der Waals surface area contributed by atoms with E-state index < -0.39 is 0 Å². The molecule has 3 unspecified atom stereocenters. The maximum absolute atomic E-state index is 9.46. The summed E-state index contributed by atoms with van der Waals surface area (Å²) >= 11 is 0. The number of aromatic hydroxyl groups is 1. The number of fused-ring (bicyclic) bond motifs is 2. The van der Waals surface area contributed by atoms with Crippen LogP contribution >= 0.6 is 0 Å². The van der Waals surface area contributed by atoms with Crippen molar-refractivity contribution in [2.75, 3.05) is 5.32 Å². The van der Waals surface area contributed by atoms with E-state index in [0.29, 0.717) is 17.7 Å². The van der Waals surface area contributed by atoms with Gasteiger partial charge in [0, 0.05) is 17.8 Å². The third-order valence-corrected chi connectivity index (χ3v) is 3.77. The molecule has 0 amide bonds. The second kappa shape index (κ2) is 3.14. The second-order valence-electron chi connectivity index (χ2n) is 4.64.